The Morgan fingerprint density at radius 2 is 2.19 bits per heavy atom. The predicted octanol–water partition coefficient (Wildman–Crippen LogP) is 1.97. The topological polar surface area (TPSA) is 15.6 Å². The van der Waals surface area contributed by atoms with Crippen LogP contribution >= 0.6 is 0 Å². The summed E-state index contributed by atoms with van der Waals surface area (Å²) in [7, 11) is 6.61. The predicted molar refractivity (Wildman–Crippen MR) is 73.0 cm³/mol. The van der Waals surface area contributed by atoms with Crippen molar-refractivity contribution < 1.29 is 0 Å². The van der Waals surface area contributed by atoms with Gasteiger partial charge in [-0.05, 0) is 18.8 Å². The molecule has 0 aromatic carbocycles. The molecule has 2 fully saturated rings. The van der Waals surface area contributed by atoms with Gasteiger partial charge in [-0.15, -0.1) is 0 Å². The lowest BCUT2D eigenvalue weighted by Crippen LogP contribution is -2.43. The molecule has 3 heteroatoms. The largest absolute Gasteiger partial charge is 0.363 e. The van der Waals surface area contributed by atoms with Crippen LogP contribution in [0.25, 0.3) is 0 Å². The van der Waals surface area contributed by atoms with Crippen molar-refractivity contribution in [1.82, 2.24) is 4.90 Å². The average molecular weight is 220 g/mol. The van der Waals surface area contributed by atoms with Gasteiger partial charge in [-0.3, -0.25) is 4.99 Å². The van der Waals surface area contributed by atoms with E-state index in [1.54, 1.807) is 0 Å². The monoisotopic (exact) mass is 220 g/mol. The standard InChI is InChI=1S/C13H25BN2/c1-13(14)7-4-5-11-10(9-13)6-8-16(3)12(11)15-2/h10-11H,4-9,14H2,1-3H3/b15-12-. The summed E-state index contributed by atoms with van der Waals surface area (Å²) < 4.78 is 0. The normalized spacial score (nSPS) is 42.9. The van der Waals surface area contributed by atoms with Crippen molar-refractivity contribution in [2.45, 2.75) is 44.3 Å². The summed E-state index contributed by atoms with van der Waals surface area (Å²) in [6, 6.07) is 0. The Bertz CT molecular complexity index is 286. The van der Waals surface area contributed by atoms with E-state index in [1.165, 1.54) is 44.5 Å². The first-order chi connectivity index (χ1) is 7.53. The van der Waals surface area contributed by atoms with Crippen molar-refractivity contribution in [2.24, 2.45) is 16.8 Å². The van der Waals surface area contributed by atoms with Crippen molar-refractivity contribution in [3.63, 3.8) is 0 Å². The van der Waals surface area contributed by atoms with Crippen LogP contribution < -0.4 is 0 Å². The molecule has 1 aliphatic heterocycles. The number of aliphatic imine (C=N–C) groups is 1. The highest BCUT2D eigenvalue weighted by Gasteiger charge is 2.38. The van der Waals surface area contributed by atoms with E-state index in [0.29, 0.717) is 5.31 Å². The molecule has 2 aliphatic rings. The third kappa shape index (κ3) is 2.28. The zero-order valence-electron chi connectivity index (χ0n) is 11.3. The highest BCUT2D eigenvalue weighted by Crippen LogP contribution is 2.46. The van der Waals surface area contributed by atoms with Gasteiger partial charge in [-0.25, -0.2) is 0 Å². The van der Waals surface area contributed by atoms with E-state index in [0.717, 1.165) is 11.8 Å². The second-order valence-electron chi connectivity index (χ2n) is 6.42. The van der Waals surface area contributed by atoms with Gasteiger partial charge in [0.2, 0.25) is 0 Å². The zero-order valence-corrected chi connectivity index (χ0v) is 11.3. The van der Waals surface area contributed by atoms with Crippen molar-refractivity contribution in [3.05, 3.63) is 0 Å². The maximum atomic E-state index is 4.54. The lowest BCUT2D eigenvalue weighted by atomic mass is 9.62. The minimum Gasteiger partial charge on any atom is -0.363 e. The first-order valence-electron chi connectivity index (χ1n) is 6.71. The third-order valence-electron chi connectivity index (χ3n) is 4.54. The number of nitrogens with zero attached hydrogens (tertiary/aromatic N) is 2. The molecule has 0 aromatic rings. The second-order valence-corrected chi connectivity index (χ2v) is 6.42. The van der Waals surface area contributed by atoms with Gasteiger partial charge in [0.05, 0.1) is 0 Å². The summed E-state index contributed by atoms with van der Waals surface area (Å²) >= 11 is 0. The average Bonchev–Trinajstić information content (AvgIpc) is 2.36. The maximum absolute atomic E-state index is 4.54. The van der Waals surface area contributed by atoms with Crippen molar-refractivity contribution in [3.8, 4) is 0 Å². The zero-order chi connectivity index (χ0) is 11.8. The molecule has 0 N–H and O–H groups in total. The molecule has 2 nitrogen and oxygen atoms in total. The molecule has 1 heterocycles. The summed E-state index contributed by atoms with van der Waals surface area (Å²) in [4.78, 5) is 6.92. The van der Waals surface area contributed by atoms with Gasteiger partial charge in [-0.2, -0.15) is 0 Å². The fourth-order valence-electron chi connectivity index (χ4n) is 3.73. The summed E-state index contributed by atoms with van der Waals surface area (Å²) in [5.74, 6) is 2.99. The Balaban J connectivity index is 2.19. The number of hydrogen-bond acceptors (Lipinski definition) is 1. The molecule has 1 saturated heterocycles. The van der Waals surface area contributed by atoms with E-state index in [4.69, 9.17) is 0 Å². The summed E-state index contributed by atoms with van der Waals surface area (Å²) in [5, 5.41) is 0.550. The minimum atomic E-state index is 0.550. The van der Waals surface area contributed by atoms with Crippen molar-refractivity contribution in [1.29, 1.82) is 0 Å². The smallest absolute Gasteiger partial charge is 0.109 e. The molecular formula is C13H25BN2. The van der Waals surface area contributed by atoms with Gasteiger partial charge < -0.3 is 4.90 Å². The van der Waals surface area contributed by atoms with E-state index in [9.17, 15) is 0 Å². The number of amidine groups is 1. The van der Waals surface area contributed by atoms with Crippen LogP contribution in [0, 0.1) is 11.8 Å². The second kappa shape index (κ2) is 4.42. The van der Waals surface area contributed by atoms with Gasteiger partial charge in [0, 0.05) is 26.6 Å². The summed E-state index contributed by atoms with van der Waals surface area (Å²) in [6.07, 6.45) is 6.88. The molecule has 0 bridgehead atoms. The summed E-state index contributed by atoms with van der Waals surface area (Å²) in [5.41, 5.74) is 0. The highest BCUT2D eigenvalue weighted by molar-refractivity contribution is 6.14. The van der Waals surface area contributed by atoms with Gasteiger partial charge in [0.15, 0.2) is 0 Å². The minimum absolute atomic E-state index is 0.550. The first kappa shape index (κ1) is 12.0. The molecule has 90 valence electrons. The van der Waals surface area contributed by atoms with Crippen LogP contribution in [0.1, 0.15) is 39.0 Å². The Morgan fingerprint density at radius 1 is 1.44 bits per heavy atom. The molecular weight excluding hydrogens is 195 g/mol. The Labute approximate surface area is 101 Å². The van der Waals surface area contributed by atoms with Crippen LogP contribution in [-0.2, 0) is 0 Å². The Hall–Kier alpha value is -0.465. The fraction of sp³-hybridized carbons (Fsp3) is 0.923. The van der Waals surface area contributed by atoms with E-state index < -0.39 is 0 Å². The molecule has 3 unspecified atom stereocenters. The van der Waals surface area contributed by atoms with Gasteiger partial charge in [0.25, 0.3) is 0 Å². The van der Waals surface area contributed by atoms with Crippen molar-refractivity contribution >= 4 is 13.7 Å². The SMILES string of the molecule is BC1(C)CCCC2/C(=N/C)N(C)CCC2C1. The van der Waals surface area contributed by atoms with Gasteiger partial charge >= 0.3 is 0 Å². The Kier molecular flexibility index (Phi) is 3.32. The fourth-order valence-corrected chi connectivity index (χ4v) is 3.73. The van der Waals surface area contributed by atoms with E-state index in [1.807, 2.05) is 7.05 Å². The van der Waals surface area contributed by atoms with E-state index in [2.05, 4.69) is 31.7 Å². The first-order valence-corrected chi connectivity index (χ1v) is 6.71. The number of rotatable bonds is 0. The molecule has 1 aliphatic carbocycles. The van der Waals surface area contributed by atoms with Crippen LogP contribution in [0.15, 0.2) is 4.99 Å². The molecule has 2 rings (SSSR count). The van der Waals surface area contributed by atoms with Crippen LogP contribution in [0.5, 0.6) is 0 Å². The van der Waals surface area contributed by atoms with E-state index in [-0.39, 0.29) is 0 Å². The molecule has 0 spiro atoms. The molecule has 0 aromatic heterocycles. The van der Waals surface area contributed by atoms with Crippen molar-refractivity contribution in [2.75, 3.05) is 20.6 Å². The van der Waals surface area contributed by atoms with Gasteiger partial charge in [0.1, 0.15) is 13.7 Å². The third-order valence-corrected chi connectivity index (χ3v) is 4.54. The molecule has 3 atom stereocenters. The number of piperidine rings is 1. The van der Waals surface area contributed by atoms with Crippen LogP contribution in [0.2, 0.25) is 5.31 Å². The lowest BCUT2D eigenvalue weighted by molar-refractivity contribution is 0.255. The molecule has 0 amide bonds. The number of hydrogen-bond donors (Lipinski definition) is 0. The molecule has 0 radical (unpaired) electrons. The molecule has 1 saturated carbocycles. The highest BCUT2D eigenvalue weighted by atomic mass is 15.2. The molecule has 16 heavy (non-hydrogen) atoms. The Morgan fingerprint density at radius 3 is 2.88 bits per heavy atom. The van der Waals surface area contributed by atoms with Gasteiger partial charge in [-0.1, -0.05) is 31.5 Å². The van der Waals surface area contributed by atoms with Crippen LogP contribution in [-0.4, -0.2) is 39.2 Å². The van der Waals surface area contributed by atoms with Crippen LogP contribution in [0.4, 0.5) is 0 Å². The number of fused-ring (bicyclic) bond motifs is 1. The maximum Gasteiger partial charge on any atom is 0.109 e. The van der Waals surface area contributed by atoms with Crippen LogP contribution in [0.3, 0.4) is 0 Å². The quantitative estimate of drug-likeness (QED) is 0.570. The summed E-state index contributed by atoms with van der Waals surface area (Å²) in [6.45, 7) is 3.64. The van der Waals surface area contributed by atoms with E-state index >= 15 is 0 Å². The lowest BCUT2D eigenvalue weighted by Gasteiger charge is -2.40. The number of likely N-dealkylation sites (tertiary alicyclic amines) is 1.